The molecule has 0 saturated carbocycles. The molecular weight excluding hydrogens is 232 g/mol. The van der Waals surface area contributed by atoms with E-state index in [0.717, 1.165) is 5.01 Å². The quantitative estimate of drug-likeness (QED) is 0.501. The van der Waals surface area contributed by atoms with E-state index in [9.17, 15) is 0 Å². The second-order valence-corrected chi connectivity index (χ2v) is 3.20. The van der Waals surface area contributed by atoms with E-state index in [1.165, 1.54) is 0 Å². The van der Waals surface area contributed by atoms with Gasteiger partial charge in [-0.3, -0.25) is 0 Å². The number of fused-ring (bicyclic) bond motifs is 5. The first-order chi connectivity index (χ1) is 8.36. The van der Waals surface area contributed by atoms with Crippen LogP contribution in [0.15, 0.2) is 13.9 Å². The highest BCUT2D eigenvalue weighted by molar-refractivity contribution is 5.89. The predicted molar refractivity (Wildman–Crippen MR) is 47.2 cm³/mol. The smallest absolute Gasteiger partial charge is 0.223 e. The van der Waals surface area contributed by atoms with Gasteiger partial charge in [0, 0.05) is 0 Å². The van der Waals surface area contributed by atoms with Crippen molar-refractivity contribution < 1.29 is 13.9 Å². The zero-order valence-corrected chi connectivity index (χ0v) is 7.93. The Balaban J connectivity index is 2.16. The van der Waals surface area contributed by atoms with E-state index in [-0.39, 0.29) is 11.6 Å². The lowest BCUT2D eigenvalue weighted by molar-refractivity contribution is 0.301. The average molecular weight is 234 g/mol. The fraction of sp³-hybridized carbons (Fsp3) is 0. The number of hydrogen-bond acceptors (Lipinski definition) is 11. The molecule has 0 radical (unpaired) electrons. The van der Waals surface area contributed by atoms with Crippen LogP contribution < -0.4 is 10.9 Å². The van der Waals surface area contributed by atoms with Crippen molar-refractivity contribution in [1.82, 2.24) is 30.9 Å². The molecule has 0 spiro atoms. The summed E-state index contributed by atoms with van der Waals surface area (Å²) in [4.78, 5) is 0. The molecule has 0 fully saturated rings. The minimum Gasteiger partial charge on any atom is -0.243 e. The molecule has 0 unspecified atom stereocenters. The van der Waals surface area contributed by atoms with Crippen LogP contribution in [0.4, 0.5) is 11.6 Å². The maximum absolute atomic E-state index is 5.81. The highest BCUT2D eigenvalue weighted by Gasteiger charge is 2.35. The molecule has 1 aliphatic rings. The lowest BCUT2D eigenvalue weighted by atomic mass is 10.2. The molecule has 11 nitrogen and oxygen atoms in total. The van der Waals surface area contributed by atoms with E-state index >= 15 is 0 Å². The fourth-order valence-corrected chi connectivity index (χ4v) is 1.58. The van der Waals surface area contributed by atoms with Crippen LogP contribution in [0.2, 0.25) is 0 Å². The van der Waals surface area contributed by atoms with Gasteiger partial charge in [-0.2, -0.15) is 0 Å². The van der Waals surface area contributed by atoms with Crippen molar-refractivity contribution in [2.45, 2.75) is 0 Å². The largest absolute Gasteiger partial charge is 0.243 e. The molecule has 0 aliphatic carbocycles. The Morgan fingerprint density at radius 1 is 0.647 bits per heavy atom. The number of nitrogens with two attached hydrogens (primary N) is 1. The van der Waals surface area contributed by atoms with Crippen LogP contribution in [0.3, 0.4) is 0 Å². The third-order valence-corrected chi connectivity index (χ3v) is 2.34. The SMILES string of the molecule is NN1c2nonc2-c2nonc2-c2nonc21. The molecule has 11 heteroatoms. The van der Waals surface area contributed by atoms with Gasteiger partial charge >= 0.3 is 0 Å². The van der Waals surface area contributed by atoms with Crippen LogP contribution in [0.5, 0.6) is 0 Å². The molecule has 0 saturated heterocycles. The Labute approximate surface area is 91.0 Å². The monoisotopic (exact) mass is 234 g/mol. The molecule has 2 N–H and O–H groups in total. The zero-order valence-electron chi connectivity index (χ0n) is 7.93. The molecule has 4 rings (SSSR count). The van der Waals surface area contributed by atoms with Crippen molar-refractivity contribution in [3.05, 3.63) is 0 Å². The number of aromatic nitrogens is 6. The zero-order chi connectivity index (χ0) is 11.4. The third kappa shape index (κ3) is 0.884. The van der Waals surface area contributed by atoms with Crippen molar-refractivity contribution in [3.63, 3.8) is 0 Å². The van der Waals surface area contributed by atoms with Gasteiger partial charge in [0.25, 0.3) is 0 Å². The number of hydrazine groups is 1. The van der Waals surface area contributed by atoms with Crippen molar-refractivity contribution in [1.29, 1.82) is 0 Å². The molecule has 3 aromatic rings. The minimum atomic E-state index is 0.219. The van der Waals surface area contributed by atoms with Crippen LogP contribution in [0, 0.1) is 0 Å². The molecule has 1 aliphatic heterocycles. The molecular formula is C6H2N8O3. The van der Waals surface area contributed by atoms with Gasteiger partial charge in [0.15, 0.2) is 22.8 Å². The van der Waals surface area contributed by atoms with E-state index in [4.69, 9.17) is 5.84 Å². The molecule has 0 atom stereocenters. The van der Waals surface area contributed by atoms with Crippen LogP contribution in [0.1, 0.15) is 0 Å². The molecule has 0 amide bonds. The van der Waals surface area contributed by atoms with Crippen molar-refractivity contribution in [2.24, 2.45) is 5.84 Å². The van der Waals surface area contributed by atoms with Crippen LogP contribution >= 0.6 is 0 Å². The predicted octanol–water partition coefficient (Wildman–Crippen LogP) is -0.505. The first-order valence-corrected chi connectivity index (χ1v) is 4.39. The third-order valence-electron chi connectivity index (χ3n) is 2.34. The standard InChI is InChI=1S/C6H2N8O3/c7-14-5-3(10-16-12-5)1-2(9-15-8-1)4-6(14)13-17-11-4/h7H2. The van der Waals surface area contributed by atoms with Gasteiger partial charge < -0.3 is 0 Å². The summed E-state index contributed by atoms with van der Waals surface area (Å²) < 4.78 is 13.8. The Hall–Kier alpha value is -2.82. The molecule has 17 heavy (non-hydrogen) atoms. The Bertz CT molecular complexity index is 641. The summed E-state index contributed by atoms with van der Waals surface area (Å²) in [5.74, 6) is 6.25. The summed E-state index contributed by atoms with van der Waals surface area (Å²) in [6, 6.07) is 0. The molecule has 0 aromatic carbocycles. The minimum absolute atomic E-state index is 0.219. The maximum Gasteiger partial charge on any atom is 0.223 e. The highest BCUT2D eigenvalue weighted by atomic mass is 16.6. The van der Waals surface area contributed by atoms with Crippen molar-refractivity contribution in [2.75, 3.05) is 5.01 Å². The first kappa shape index (κ1) is 8.35. The summed E-state index contributed by atoms with van der Waals surface area (Å²) in [5, 5.41) is 23.2. The van der Waals surface area contributed by atoms with E-state index in [1.54, 1.807) is 0 Å². The van der Waals surface area contributed by atoms with Crippen LogP contribution in [-0.4, -0.2) is 30.9 Å². The summed E-state index contributed by atoms with van der Waals surface area (Å²) >= 11 is 0. The Kier molecular flexibility index (Phi) is 1.30. The molecule has 84 valence electrons. The van der Waals surface area contributed by atoms with Gasteiger partial charge in [-0.25, -0.2) is 24.7 Å². The fourth-order valence-electron chi connectivity index (χ4n) is 1.58. The number of nitrogens with zero attached hydrogens (tertiary/aromatic N) is 7. The lowest BCUT2D eigenvalue weighted by Gasteiger charge is -2.08. The maximum atomic E-state index is 5.81. The number of anilines is 2. The van der Waals surface area contributed by atoms with Crippen molar-refractivity contribution >= 4 is 11.6 Å². The number of rotatable bonds is 0. The summed E-state index contributed by atoms with van der Waals surface area (Å²) in [7, 11) is 0. The van der Waals surface area contributed by atoms with Crippen LogP contribution in [-0.2, 0) is 0 Å². The van der Waals surface area contributed by atoms with Crippen LogP contribution in [0.25, 0.3) is 22.8 Å². The number of hydrogen-bond donors (Lipinski definition) is 1. The van der Waals surface area contributed by atoms with Gasteiger partial charge in [0.1, 0.15) is 0 Å². The van der Waals surface area contributed by atoms with E-state index in [0.29, 0.717) is 22.8 Å². The Morgan fingerprint density at radius 2 is 1.06 bits per heavy atom. The van der Waals surface area contributed by atoms with Gasteiger partial charge in [-0.05, 0) is 30.9 Å². The second-order valence-electron chi connectivity index (χ2n) is 3.20. The summed E-state index contributed by atoms with van der Waals surface area (Å²) in [5.41, 5.74) is 1.21. The van der Waals surface area contributed by atoms with Gasteiger partial charge in [0.2, 0.25) is 11.6 Å². The lowest BCUT2D eigenvalue weighted by Crippen LogP contribution is -2.26. The average Bonchev–Trinajstić information content (AvgIpc) is 3.06. The van der Waals surface area contributed by atoms with Gasteiger partial charge in [-0.1, -0.05) is 0 Å². The van der Waals surface area contributed by atoms with E-state index in [1.807, 2.05) is 0 Å². The first-order valence-electron chi connectivity index (χ1n) is 4.39. The molecule has 0 bridgehead atoms. The molecule has 4 heterocycles. The molecule has 3 aromatic heterocycles. The van der Waals surface area contributed by atoms with Gasteiger partial charge in [-0.15, -0.1) is 0 Å². The summed E-state index contributed by atoms with van der Waals surface area (Å²) in [6.45, 7) is 0. The second kappa shape index (κ2) is 2.65. The summed E-state index contributed by atoms with van der Waals surface area (Å²) in [6.07, 6.45) is 0. The topological polar surface area (TPSA) is 146 Å². The highest BCUT2D eigenvalue weighted by Crippen LogP contribution is 2.40. The normalized spacial score (nSPS) is 12.9. The van der Waals surface area contributed by atoms with E-state index < -0.39 is 0 Å². The van der Waals surface area contributed by atoms with E-state index in [2.05, 4.69) is 44.8 Å². The Morgan fingerprint density at radius 3 is 1.59 bits per heavy atom. The van der Waals surface area contributed by atoms with Gasteiger partial charge in [0.05, 0.1) is 0 Å². The van der Waals surface area contributed by atoms with Crippen molar-refractivity contribution in [3.8, 4) is 22.8 Å².